The maximum atomic E-state index is 12.2. The topological polar surface area (TPSA) is 81.1 Å². The number of nitrogens with one attached hydrogen (secondary N) is 1. The predicted molar refractivity (Wildman–Crippen MR) is 86.9 cm³/mol. The first-order valence-corrected chi connectivity index (χ1v) is 8.27. The van der Waals surface area contributed by atoms with E-state index in [0.717, 1.165) is 0 Å². The van der Waals surface area contributed by atoms with Gasteiger partial charge in [0.2, 0.25) is 0 Å². The van der Waals surface area contributed by atoms with Crippen LogP contribution in [0.15, 0.2) is 18.2 Å². The van der Waals surface area contributed by atoms with Crippen LogP contribution < -0.4 is 16.8 Å². The maximum Gasteiger partial charge on any atom is 0.253 e. The summed E-state index contributed by atoms with van der Waals surface area (Å²) in [4.78, 5) is 12.2. The van der Waals surface area contributed by atoms with Crippen LogP contribution in [0.1, 0.15) is 42.5 Å². The Bertz CT molecular complexity index is 484. The smallest absolute Gasteiger partial charge is 0.253 e. The highest BCUT2D eigenvalue weighted by Crippen LogP contribution is 2.38. The van der Waals surface area contributed by atoms with Crippen LogP contribution in [0.25, 0.3) is 0 Å². The third-order valence-electron chi connectivity index (χ3n) is 4.09. The van der Waals surface area contributed by atoms with Gasteiger partial charge in [0.05, 0.1) is 5.56 Å². The van der Waals surface area contributed by atoms with E-state index in [4.69, 9.17) is 11.5 Å². The Hall–Kier alpha value is -1.36. The molecule has 5 N–H and O–H groups in total. The summed E-state index contributed by atoms with van der Waals surface area (Å²) in [6, 6.07) is 5.02. The van der Waals surface area contributed by atoms with E-state index in [1.807, 2.05) is 11.8 Å². The van der Waals surface area contributed by atoms with E-state index in [-0.39, 0.29) is 10.7 Å². The monoisotopic (exact) mass is 293 g/mol. The first kappa shape index (κ1) is 15.0. The number of hydrogen-bond donors (Lipinski definition) is 3. The molecule has 20 heavy (non-hydrogen) atoms. The summed E-state index contributed by atoms with van der Waals surface area (Å²) in [5.41, 5.74) is 13.0. The van der Waals surface area contributed by atoms with Gasteiger partial charge in [0.15, 0.2) is 0 Å². The highest BCUT2D eigenvalue weighted by molar-refractivity contribution is 8.00. The molecule has 1 saturated carbocycles. The molecule has 0 aromatic heterocycles. The summed E-state index contributed by atoms with van der Waals surface area (Å²) in [6.07, 6.45) is 8.29. The first-order chi connectivity index (χ1) is 9.56. The van der Waals surface area contributed by atoms with Crippen molar-refractivity contribution in [3.63, 3.8) is 0 Å². The highest BCUT2D eigenvalue weighted by atomic mass is 32.2. The van der Waals surface area contributed by atoms with Crippen LogP contribution in [-0.4, -0.2) is 23.5 Å². The van der Waals surface area contributed by atoms with E-state index in [1.54, 1.807) is 18.2 Å². The van der Waals surface area contributed by atoms with Gasteiger partial charge in [0, 0.05) is 22.7 Å². The molecule has 0 heterocycles. The fourth-order valence-corrected chi connectivity index (χ4v) is 3.69. The highest BCUT2D eigenvalue weighted by Gasteiger charge is 2.31. The molecule has 0 saturated heterocycles. The number of anilines is 2. The number of nitrogens with two attached hydrogens (primary N) is 2. The van der Waals surface area contributed by atoms with E-state index < -0.39 is 0 Å². The summed E-state index contributed by atoms with van der Waals surface area (Å²) in [5.74, 6) is -0.110. The van der Waals surface area contributed by atoms with Crippen LogP contribution in [0.5, 0.6) is 0 Å². The van der Waals surface area contributed by atoms with Crippen molar-refractivity contribution >= 4 is 29.0 Å². The molecule has 1 aliphatic rings. The largest absolute Gasteiger partial charge is 0.399 e. The van der Waals surface area contributed by atoms with Gasteiger partial charge in [0.25, 0.3) is 5.91 Å². The van der Waals surface area contributed by atoms with Gasteiger partial charge in [-0.15, -0.1) is 0 Å². The van der Waals surface area contributed by atoms with Gasteiger partial charge < -0.3 is 16.8 Å². The Morgan fingerprint density at radius 2 is 2.00 bits per heavy atom. The van der Waals surface area contributed by atoms with Gasteiger partial charge >= 0.3 is 0 Å². The van der Waals surface area contributed by atoms with Crippen molar-refractivity contribution in [1.29, 1.82) is 0 Å². The van der Waals surface area contributed by atoms with E-state index in [0.29, 0.717) is 23.5 Å². The molecular formula is C15H23N3OS. The Balaban J connectivity index is 2.00. The van der Waals surface area contributed by atoms with Gasteiger partial charge in [0.1, 0.15) is 0 Å². The lowest BCUT2D eigenvalue weighted by Crippen LogP contribution is -2.41. The molecule has 1 aliphatic carbocycles. The number of rotatable bonds is 4. The number of benzene rings is 1. The lowest BCUT2D eigenvalue weighted by molar-refractivity contribution is 0.0948. The lowest BCUT2D eigenvalue weighted by Gasteiger charge is -2.35. The van der Waals surface area contributed by atoms with Crippen molar-refractivity contribution in [2.75, 3.05) is 24.3 Å². The Kier molecular flexibility index (Phi) is 4.81. The van der Waals surface area contributed by atoms with Crippen LogP contribution >= 0.6 is 11.8 Å². The average Bonchev–Trinajstić information content (AvgIpc) is 2.46. The minimum atomic E-state index is -0.110. The van der Waals surface area contributed by atoms with Crippen LogP contribution in [0.3, 0.4) is 0 Å². The number of carbonyl (C=O) groups excluding carboxylic acids is 1. The zero-order valence-corrected chi connectivity index (χ0v) is 12.8. The molecule has 1 aromatic rings. The van der Waals surface area contributed by atoms with Gasteiger partial charge in [-0.3, -0.25) is 4.79 Å². The van der Waals surface area contributed by atoms with Crippen molar-refractivity contribution in [2.45, 2.75) is 36.9 Å². The summed E-state index contributed by atoms with van der Waals surface area (Å²) >= 11 is 1.87. The molecular weight excluding hydrogens is 270 g/mol. The summed E-state index contributed by atoms with van der Waals surface area (Å²) in [6.45, 7) is 0.705. The molecule has 0 unspecified atom stereocenters. The predicted octanol–water partition coefficient (Wildman–Crippen LogP) is 2.65. The SMILES string of the molecule is CSC1(CNC(=O)c2ccc(N)cc2N)CCCCC1. The third-order valence-corrected chi connectivity index (χ3v) is 5.51. The minimum Gasteiger partial charge on any atom is -0.399 e. The third kappa shape index (κ3) is 3.39. The van der Waals surface area contributed by atoms with Crippen molar-refractivity contribution in [3.8, 4) is 0 Å². The number of carbonyl (C=O) groups is 1. The number of hydrogen-bond acceptors (Lipinski definition) is 4. The Labute approximate surface area is 124 Å². The number of nitrogen functional groups attached to an aromatic ring is 2. The molecule has 4 nitrogen and oxygen atoms in total. The number of amides is 1. The van der Waals surface area contributed by atoms with Crippen molar-refractivity contribution in [3.05, 3.63) is 23.8 Å². The summed E-state index contributed by atoms with van der Waals surface area (Å²) < 4.78 is 0.191. The fraction of sp³-hybridized carbons (Fsp3) is 0.533. The quantitative estimate of drug-likeness (QED) is 0.745. The van der Waals surface area contributed by atoms with Crippen molar-refractivity contribution in [1.82, 2.24) is 5.32 Å². The maximum absolute atomic E-state index is 12.2. The second kappa shape index (κ2) is 6.39. The van der Waals surface area contributed by atoms with Gasteiger partial charge in [-0.05, 0) is 37.3 Å². The van der Waals surface area contributed by atoms with Gasteiger partial charge in [-0.2, -0.15) is 11.8 Å². The zero-order chi connectivity index (χ0) is 14.6. The van der Waals surface area contributed by atoms with Gasteiger partial charge in [-0.25, -0.2) is 0 Å². The molecule has 0 radical (unpaired) electrons. The van der Waals surface area contributed by atoms with Crippen LogP contribution in [0.2, 0.25) is 0 Å². The molecule has 1 fully saturated rings. The molecule has 0 bridgehead atoms. The summed E-state index contributed by atoms with van der Waals surface area (Å²) in [5, 5.41) is 3.04. The normalized spacial score (nSPS) is 17.6. The Morgan fingerprint density at radius 1 is 1.30 bits per heavy atom. The molecule has 1 amide bonds. The van der Waals surface area contributed by atoms with Crippen LogP contribution in [0, 0.1) is 0 Å². The second-order valence-electron chi connectivity index (χ2n) is 5.48. The second-order valence-corrected chi connectivity index (χ2v) is 6.75. The van der Waals surface area contributed by atoms with Gasteiger partial charge in [-0.1, -0.05) is 19.3 Å². The molecule has 1 aromatic carbocycles. The van der Waals surface area contributed by atoms with Crippen LogP contribution in [0.4, 0.5) is 11.4 Å². The molecule has 0 aliphatic heterocycles. The molecule has 0 spiro atoms. The molecule has 2 rings (SSSR count). The minimum absolute atomic E-state index is 0.110. The van der Waals surface area contributed by atoms with E-state index in [9.17, 15) is 4.79 Å². The molecule has 5 heteroatoms. The van der Waals surface area contributed by atoms with Crippen LogP contribution in [-0.2, 0) is 0 Å². The van der Waals surface area contributed by atoms with E-state index >= 15 is 0 Å². The molecule has 110 valence electrons. The lowest BCUT2D eigenvalue weighted by atomic mass is 9.88. The number of thioether (sulfide) groups is 1. The van der Waals surface area contributed by atoms with E-state index in [2.05, 4.69) is 11.6 Å². The molecule has 0 atom stereocenters. The first-order valence-electron chi connectivity index (χ1n) is 7.05. The fourth-order valence-electron chi connectivity index (χ4n) is 2.77. The zero-order valence-electron chi connectivity index (χ0n) is 11.9. The summed E-state index contributed by atoms with van der Waals surface area (Å²) in [7, 11) is 0. The standard InChI is InChI=1S/C15H23N3OS/c1-20-15(7-3-2-4-8-15)10-18-14(19)12-6-5-11(16)9-13(12)17/h5-6,9H,2-4,7-8,10,16-17H2,1H3,(H,18,19). The van der Waals surface area contributed by atoms with Crippen molar-refractivity contribution < 1.29 is 4.79 Å². The van der Waals surface area contributed by atoms with Crippen molar-refractivity contribution in [2.24, 2.45) is 0 Å². The van der Waals surface area contributed by atoms with E-state index in [1.165, 1.54) is 32.1 Å². The Morgan fingerprint density at radius 3 is 2.60 bits per heavy atom. The average molecular weight is 293 g/mol.